The number of aryl methyl sites for hydroxylation is 2. The molecule has 1 amide bonds. The Morgan fingerprint density at radius 3 is 2.85 bits per heavy atom. The van der Waals surface area contributed by atoms with Crippen LogP contribution in [0.25, 0.3) is 0 Å². The van der Waals surface area contributed by atoms with Crippen molar-refractivity contribution in [3.05, 3.63) is 40.0 Å². The number of thiocarbonyl (C=S) groups is 1. The standard InChI is InChI=1S/C17H20N4O3S2/c1-21-8-4-5-10(21)9-13(22)19-20-17(25)18-15-14(16(23)24-2)11-6-3-7-12(11)26-15/h4-5,8H,3,6-7,9H2,1-2H3,(H,19,22)(H2,18,20,25). The number of aromatic nitrogens is 1. The van der Waals surface area contributed by atoms with E-state index in [4.69, 9.17) is 17.0 Å². The number of anilines is 1. The Hall–Kier alpha value is -2.39. The number of esters is 1. The van der Waals surface area contributed by atoms with E-state index in [9.17, 15) is 9.59 Å². The van der Waals surface area contributed by atoms with Crippen LogP contribution in [0.15, 0.2) is 18.3 Å². The molecule has 9 heteroatoms. The molecule has 2 heterocycles. The highest BCUT2D eigenvalue weighted by molar-refractivity contribution is 7.80. The summed E-state index contributed by atoms with van der Waals surface area (Å²) in [5.74, 6) is -0.583. The summed E-state index contributed by atoms with van der Waals surface area (Å²) in [6, 6.07) is 3.76. The first kappa shape index (κ1) is 18.4. The molecule has 1 aliphatic rings. The van der Waals surface area contributed by atoms with Crippen LogP contribution in [-0.2, 0) is 35.8 Å². The van der Waals surface area contributed by atoms with Gasteiger partial charge in [-0.1, -0.05) is 0 Å². The van der Waals surface area contributed by atoms with Gasteiger partial charge in [0.15, 0.2) is 5.11 Å². The van der Waals surface area contributed by atoms with Crippen LogP contribution in [0, 0.1) is 0 Å². The largest absolute Gasteiger partial charge is 0.465 e. The first-order valence-corrected chi connectivity index (χ1v) is 9.41. The van der Waals surface area contributed by atoms with Gasteiger partial charge in [-0.3, -0.25) is 15.6 Å². The molecular formula is C17H20N4O3S2. The van der Waals surface area contributed by atoms with Crippen molar-refractivity contribution in [1.29, 1.82) is 0 Å². The van der Waals surface area contributed by atoms with Crippen LogP contribution in [0.2, 0.25) is 0 Å². The third-order valence-electron chi connectivity index (χ3n) is 4.25. The zero-order chi connectivity index (χ0) is 18.7. The lowest BCUT2D eigenvalue weighted by atomic mass is 10.1. The van der Waals surface area contributed by atoms with Crippen LogP contribution in [0.1, 0.15) is 32.9 Å². The van der Waals surface area contributed by atoms with Crippen molar-refractivity contribution in [1.82, 2.24) is 15.4 Å². The first-order valence-electron chi connectivity index (χ1n) is 8.18. The minimum Gasteiger partial charge on any atom is -0.465 e. The average molecular weight is 393 g/mol. The Bertz CT molecular complexity index is 856. The summed E-state index contributed by atoms with van der Waals surface area (Å²) >= 11 is 6.73. The van der Waals surface area contributed by atoms with Gasteiger partial charge < -0.3 is 14.6 Å². The number of nitrogens with zero attached hydrogens (tertiary/aromatic N) is 1. The van der Waals surface area contributed by atoms with E-state index in [0.717, 1.165) is 30.5 Å². The summed E-state index contributed by atoms with van der Waals surface area (Å²) in [6.45, 7) is 0. The molecule has 0 fully saturated rings. The van der Waals surface area contributed by atoms with Crippen molar-refractivity contribution < 1.29 is 14.3 Å². The van der Waals surface area contributed by atoms with E-state index in [2.05, 4.69) is 16.2 Å². The number of fused-ring (bicyclic) bond motifs is 1. The molecule has 0 radical (unpaired) electrons. The second-order valence-corrected chi connectivity index (χ2v) is 7.48. The number of carbonyl (C=O) groups excluding carboxylic acids is 2. The van der Waals surface area contributed by atoms with E-state index >= 15 is 0 Å². The van der Waals surface area contributed by atoms with Crippen molar-refractivity contribution in [2.45, 2.75) is 25.7 Å². The van der Waals surface area contributed by atoms with Gasteiger partial charge in [0.1, 0.15) is 5.00 Å². The number of hydrogen-bond donors (Lipinski definition) is 3. The molecule has 7 nitrogen and oxygen atoms in total. The Morgan fingerprint density at radius 1 is 1.35 bits per heavy atom. The molecule has 0 atom stereocenters. The molecule has 0 aromatic carbocycles. The van der Waals surface area contributed by atoms with Gasteiger partial charge in [0.25, 0.3) is 0 Å². The predicted molar refractivity (Wildman–Crippen MR) is 104 cm³/mol. The number of ether oxygens (including phenoxy) is 1. The predicted octanol–water partition coefficient (Wildman–Crippen LogP) is 1.92. The summed E-state index contributed by atoms with van der Waals surface area (Å²) in [5.41, 5.74) is 7.72. The van der Waals surface area contributed by atoms with Crippen LogP contribution in [-0.4, -0.2) is 28.7 Å². The highest BCUT2D eigenvalue weighted by Crippen LogP contribution is 2.39. The number of thiophene rings is 1. The monoisotopic (exact) mass is 392 g/mol. The van der Waals surface area contributed by atoms with E-state index in [1.807, 2.05) is 29.9 Å². The molecular weight excluding hydrogens is 372 g/mol. The van der Waals surface area contributed by atoms with E-state index in [1.54, 1.807) is 0 Å². The smallest absolute Gasteiger partial charge is 0.341 e. The van der Waals surface area contributed by atoms with Gasteiger partial charge in [-0.15, -0.1) is 11.3 Å². The van der Waals surface area contributed by atoms with Crippen molar-refractivity contribution >= 4 is 45.5 Å². The van der Waals surface area contributed by atoms with Crippen LogP contribution in [0.4, 0.5) is 5.00 Å². The fourth-order valence-corrected chi connectivity index (χ4v) is 4.46. The molecule has 138 valence electrons. The minimum absolute atomic E-state index is 0.210. The third-order valence-corrected chi connectivity index (χ3v) is 5.66. The quantitative estimate of drug-likeness (QED) is 0.419. The minimum atomic E-state index is -0.373. The molecule has 3 rings (SSSR count). The Balaban J connectivity index is 1.59. The Morgan fingerprint density at radius 2 is 2.15 bits per heavy atom. The Kier molecular flexibility index (Phi) is 5.58. The molecule has 0 aliphatic heterocycles. The number of rotatable bonds is 4. The molecule has 1 aliphatic carbocycles. The van der Waals surface area contributed by atoms with Gasteiger partial charge in [0.2, 0.25) is 5.91 Å². The van der Waals surface area contributed by atoms with Gasteiger partial charge in [0.05, 0.1) is 19.1 Å². The zero-order valence-electron chi connectivity index (χ0n) is 14.5. The molecule has 2 aromatic heterocycles. The lowest BCUT2D eigenvalue weighted by Crippen LogP contribution is -2.44. The molecule has 0 unspecified atom stereocenters. The number of hydrazine groups is 1. The fourth-order valence-electron chi connectivity index (χ4n) is 2.96. The molecule has 3 N–H and O–H groups in total. The van der Waals surface area contributed by atoms with Crippen LogP contribution in [0.5, 0.6) is 0 Å². The van der Waals surface area contributed by atoms with Gasteiger partial charge in [-0.25, -0.2) is 4.79 Å². The summed E-state index contributed by atoms with van der Waals surface area (Å²) in [7, 11) is 3.25. The SMILES string of the molecule is COC(=O)c1c(NC(=S)NNC(=O)Cc2cccn2C)sc2c1CCC2. The highest BCUT2D eigenvalue weighted by atomic mass is 32.1. The number of amides is 1. The highest BCUT2D eigenvalue weighted by Gasteiger charge is 2.27. The van der Waals surface area contributed by atoms with E-state index in [-0.39, 0.29) is 23.4 Å². The van der Waals surface area contributed by atoms with Crippen molar-refractivity contribution in [3.63, 3.8) is 0 Å². The fraction of sp³-hybridized carbons (Fsp3) is 0.353. The van der Waals surface area contributed by atoms with Crippen molar-refractivity contribution in [3.8, 4) is 0 Å². The molecule has 0 bridgehead atoms. The lowest BCUT2D eigenvalue weighted by molar-refractivity contribution is -0.121. The van der Waals surface area contributed by atoms with Crippen LogP contribution in [0.3, 0.4) is 0 Å². The van der Waals surface area contributed by atoms with Gasteiger partial charge in [0, 0.05) is 23.8 Å². The summed E-state index contributed by atoms with van der Waals surface area (Å²) in [4.78, 5) is 25.3. The van der Waals surface area contributed by atoms with Crippen LogP contribution < -0.4 is 16.2 Å². The average Bonchev–Trinajstić information content (AvgIpc) is 3.29. The first-order chi connectivity index (χ1) is 12.5. The molecule has 26 heavy (non-hydrogen) atoms. The second kappa shape index (κ2) is 7.88. The summed E-state index contributed by atoms with van der Waals surface area (Å²) in [5, 5.41) is 3.87. The second-order valence-electron chi connectivity index (χ2n) is 5.97. The number of carbonyl (C=O) groups is 2. The molecule has 0 saturated carbocycles. The number of nitrogens with one attached hydrogen (secondary N) is 3. The zero-order valence-corrected chi connectivity index (χ0v) is 16.2. The van der Waals surface area contributed by atoms with E-state index in [1.165, 1.54) is 23.3 Å². The maximum Gasteiger partial charge on any atom is 0.341 e. The third kappa shape index (κ3) is 3.88. The van der Waals surface area contributed by atoms with Crippen LogP contribution >= 0.6 is 23.6 Å². The maximum atomic E-state index is 12.1. The topological polar surface area (TPSA) is 84.4 Å². The molecule has 0 spiro atoms. The molecule has 0 saturated heterocycles. The maximum absolute atomic E-state index is 12.1. The molecule has 2 aromatic rings. The van der Waals surface area contributed by atoms with Crippen molar-refractivity contribution in [2.75, 3.05) is 12.4 Å². The number of hydrogen-bond acceptors (Lipinski definition) is 5. The van der Waals surface area contributed by atoms with Gasteiger partial charge in [-0.2, -0.15) is 0 Å². The van der Waals surface area contributed by atoms with E-state index < -0.39 is 0 Å². The van der Waals surface area contributed by atoms with E-state index in [0.29, 0.717) is 10.6 Å². The summed E-state index contributed by atoms with van der Waals surface area (Å²) in [6.07, 6.45) is 4.99. The van der Waals surface area contributed by atoms with Gasteiger partial charge in [-0.05, 0) is 49.2 Å². The Labute approximate surface area is 160 Å². The summed E-state index contributed by atoms with van der Waals surface area (Å²) < 4.78 is 6.78. The lowest BCUT2D eigenvalue weighted by Gasteiger charge is -2.12. The van der Waals surface area contributed by atoms with Crippen molar-refractivity contribution in [2.24, 2.45) is 7.05 Å². The van der Waals surface area contributed by atoms with Gasteiger partial charge >= 0.3 is 5.97 Å². The normalized spacial score (nSPS) is 12.4. The number of methoxy groups -OCH3 is 1.